The Bertz CT molecular complexity index is 1530. The molecule has 2 aromatic carbocycles. The number of aliphatic hydroxyl groups excluding tert-OH is 2. The smallest absolute Gasteiger partial charge is 0.255 e. The summed E-state index contributed by atoms with van der Waals surface area (Å²) < 4.78 is 0. The highest BCUT2D eigenvalue weighted by molar-refractivity contribution is 6.24. The number of aromatic hydroxyl groups is 1. The van der Waals surface area contributed by atoms with Gasteiger partial charge in [0.15, 0.2) is 11.4 Å². The van der Waals surface area contributed by atoms with Gasteiger partial charge in [0.25, 0.3) is 5.91 Å². The van der Waals surface area contributed by atoms with Crippen LogP contribution in [0.1, 0.15) is 48.7 Å². The molecule has 9 heteroatoms. The van der Waals surface area contributed by atoms with Crippen LogP contribution < -0.4 is 5.73 Å². The number of nitrogens with two attached hydrogens (primary N) is 1. The number of carbonyl (C=O) groups is 3. The summed E-state index contributed by atoms with van der Waals surface area (Å²) in [5.41, 5.74) is 5.03. The van der Waals surface area contributed by atoms with E-state index < -0.39 is 58.0 Å². The Morgan fingerprint density at radius 2 is 1.65 bits per heavy atom. The van der Waals surface area contributed by atoms with Crippen molar-refractivity contribution in [3.05, 3.63) is 75.8 Å². The third-order valence-corrected chi connectivity index (χ3v) is 8.67. The van der Waals surface area contributed by atoms with Crippen molar-refractivity contribution in [1.29, 1.82) is 0 Å². The van der Waals surface area contributed by atoms with Crippen molar-refractivity contribution in [3.8, 4) is 16.9 Å². The van der Waals surface area contributed by atoms with E-state index in [9.17, 15) is 34.8 Å². The second kappa shape index (κ2) is 9.04. The van der Waals surface area contributed by atoms with E-state index in [0.29, 0.717) is 5.56 Å². The summed E-state index contributed by atoms with van der Waals surface area (Å²) >= 11 is 0. The van der Waals surface area contributed by atoms with Crippen molar-refractivity contribution >= 4 is 17.5 Å². The van der Waals surface area contributed by atoms with E-state index >= 15 is 0 Å². The summed E-state index contributed by atoms with van der Waals surface area (Å²) in [5, 5.41) is 44.8. The van der Waals surface area contributed by atoms with E-state index in [1.807, 2.05) is 24.3 Å². The van der Waals surface area contributed by atoms with Crippen molar-refractivity contribution in [3.63, 3.8) is 0 Å². The minimum absolute atomic E-state index is 0.00169. The van der Waals surface area contributed by atoms with Gasteiger partial charge in [0.1, 0.15) is 22.8 Å². The van der Waals surface area contributed by atoms with Gasteiger partial charge in [-0.3, -0.25) is 19.3 Å². The number of fused-ring (bicyclic) bond motifs is 3. The molecule has 4 atom stereocenters. The van der Waals surface area contributed by atoms with Crippen molar-refractivity contribution in [2.24, 2.45) is 17.6 Å². The number of rotatable bonds is 3. The number of phenolic OH excluding ortho intramolecular Hbond substituents is 1. The molecule has 9 nitrogen and oxygen atoms in total. The lowest BCUT2D eigenvalue weighted by Gasteiger charge is -2.50. The summed E-state index contributed by atoms with van der Waals surface area (Å²) in [6, 6.07) is 10.1. The zero-order chi connectivity index (χ0) is 29.5. The van der Waals surface area contributed by atoms with Crippen LogP contribution in [0.2, 0.25) is 0 Å². The highest BCUT2D eigenvalue weighted by atomic mass is 16.3. The van der Waals surface area contributed by atoms with E-state index in [2.05, 4.69) is 20.8 Å². The molecule has 0 bridgehead atoms. The van der Waals surface area contributed by atoms with E-state index in [-0.39, 0.29) is 35.1 Å². The summed E-state index contributed by atoms with van der Waals surface area (Å²) in [4.78, 5) is 41.0. The highest BCUT2D eigenvalue weighted by Gasteiger charge is 2.63. The van der Waals surface area contributed by atoms with Crippen molar-refractivity contribution in [2.75, 3.05) is 14.1 Å². The molecule has 0 saturated heterocycles. The van der Waals surface area contributed by atoms with Crippen LogP contribution in [-0.2, 0) is 21.4 Å². The SMILES string of the molecule is CN(C)C1C(O)=C(C(N)=O)C(=O)[C@]2(O)C(O)=C3C(=O)c4c(O)ccc(-c5ccc(C(C)(C)C)cc5)c4C[C@@H]3C[C@@H]12. The van der Waals surface area contributed by atoms with E-state index in [4.69, 9.17) is 5.73 Å². The summed E-state index contributed by atoms with van der Waals surface area (Å²) in [5.74, 6) is -6.62. The number of likely N-dealkylation sites (N-methyl/N-ethyl adjacent to an activating group) is 1. The van der Waals surface area contributed by atoms with Gasteiger partial charge in [-0.25, -0.2) is 0 Å². The molecule has 1 amide bonds. The molecule has 0 heterocycles. The number of benzene rings is 2. The van der Waals surface area contributed by atoms with Crippen LogP contribution in [0.15, 0.2) is 59.1 Å². The molecule has 0 aromatic heterocycles. The number of aliphatic hydroxyl groups is 3. The Labute approximate surface area is 232 Å². The normalized spacial score (nSPS) is 26.5. The maximum Gasteiger partial charge on any atom is 0.255 e. The summed E-state index contributed by atoms with van der Waals surface area (Å²) in [6.07, 6.45) is 0.281. The minimum atomic E-state index is -2.65. The lowest BCUT2D eigenvalue weighted by atomic mass is 9.58. The highest BCUT2D eigenvalue weighted by Crippen LogP contribution is 2.53. The molecule has 0 radical (unpaired) electrons. The van der Waals surface area contributed by atoms with Gasteiger partial charge in [0.05, 0.1) is 11.6 Å². The predicted octanol–water partition coefficient (Wildman–Crippen LogP) is 3.09. The van der Waals surface area contributed by atoms with Gasteiger partial charge in [0.2, 0.25) is 5.78 Å². The van der Waals surface area contributed by atoms with Gasteiger partial charge in [-0.1, -0.05) is 51.1 Å². The molecule has 0 fully saturated rings. The van der Waals surface area contributed by atoms with Gasteiger partial charge in [-0.15, -0.1) is 0 Å². The van der Waals surface area contributed by atoms with E-state index in [1.54, 1.807) is 20.2 Å². The van der Waals surface area contributed by atoms with Gasteiger partial charge in [-0.05, 0) is 66.6 Å². The van der Waals surface area contributed by atoms with Gasteiger partial charge < -0.3 is 26.2 Å². The van der Waals surface area contributed by atoms with Gasteiger partial charge >= 0.3 is 0 Å². The molecular weight excluding hydrogens is 512 g/mol. The monoisotopic (exact) mass is 546 g/mol. The molecule has 1 unspecified atom stereocenters. The van der Waals surface area contributed by atoms with E-state index in [0.717, 1.165) is 16.7 Å². The minimum Gasteiger partial charge on any atom is -0.510 e. The number of nitrogens with zero attached hydrogens (tertiary/aromatic N) is 1. The summed E-state index contributed by atoms with van der Waals surface area (Å²) in [7, 11) is 3.20. The Morgan fingerprint density at radius 1 is 1.02 bits per heavy atom. The Kier molecular flexibility index (Phi) is 6.24. The molecular formula is C31H34N2O7. The van der Waals surface area contributed by atoms with E-state index in [1.165, 1.54) is 11.0 Å². The third kappa shape index (κ3) is 3.79. The molecule has 2 aromatic rings. The van der Waals surface area contributed by atoms with Crippen molar-refractivity contribution in [2.45, 2.75) is 50.7 Å². The quantitative estimate of drug-likeness (QED) is 0.367. The first-order valence-corrected chi connectivity index (χ1v) is 13.2. The number of hydrogen-bond acceptors (Lipinski definition) is 8. The molecule has 3 aliphatic carbocycles. The third-order valence-electron chi connectivity index (χ3n) is 8.67. The number of hydrogen-bond donors (Lipinski definition) is 5. The second-order valence-corrected chi connectivity index (χ2v) is 12.3. The van der Waals surface area contributed by atoms with Crippen LogP contribution in [0.3, 0.4) is 0 Å². The lowest BCUT2D eigenvalue weighted by molar-refractivity contribution is -0.148. The van der Waals surface area contributed by atoms with Crippen LogP contribution in [0.5, 0.6) is 5.75 Å². The van der Waals surface area contributed by atoms with Crippen LogP contribution >= 0.6 is 0 Å². The zero-order valence-electron chi connectivity index (χ0n) is 23.1. The number of primary amides is 1. The number of allylic oxidation sites excluding steroid dienone is 1. The fraction of sp³-hybridized carbons (Fsp3) is 0.387. The average molecular weight is 547 g/mol. The first-order valence-electron chi connectivity index (χ1n) is 13.2. The molecule has 210 valence electrons. The molecule has 0 aliphatic heterocycles. The molecule has 6 N–H and O–H groups in total. The van der Waals surface area contributed by atoms with Crippen LogP contribution in [0.4, 0.5) is 0 Å². The molecule has 0 spiro atoms. The first kappa shape index (κ1) is 27.6. The van der Waals surface area contributed by atoms with Crippen molar-refractivity contribution < 1.29 is 34.8 Å². The topological polar surface area (TPSA) is 161 Å². The molecule has 5 rings (SSSR count). The first-order chi connectivity index (χ1) is 18.6. The Hall–Kier alpha value is -3.95. The van der Waals surface area contributed by atoms with Gasteiger partial charge in [-0.2, -0.15) is 0 Å². The Morgan fingerprint density at radius 3 is 2.20 bits per heavy atom. The molecule has 0 saturated carbocycles. The number of Topliss-reactive ketones (excluding diaryl/α,β-unsaturated/α-hetero) is 2. The molecule has 3 aliphatic rings. The lowest BCUT2D eigenvalue weighted by Crippen LogP contribution is -2.63. The van der Waals surface area contributed by atoms with Crippen LogP contribution in [0, 0.1) is 11.8 Å². The average Bonchev–Trinajstić information content (AvgIpc) is 2.85. The fourth-order valence-corrected chi connectivity index (χ4v) is 6.67. The van der Waals surface area contributed by atoms with Gasteiger partial charge in [0, 0.05) is 11.5 Å². The fourth-order valence-electron chi connectivity index (χ4n) is 6.67. The number of amides is 1. The number of ketones is 2. The second-order valence-electron chi connectivity index (χ2n) is 12.3. The zero-order valence-corrected chi connectivity index (χ0v) is 23.1. The van der Waals surface area contributed by atoms with Crippen molar-refractivity contribution in [1.82, 2.24) is 4.90 Å². The predicted molar refractivity (Wildman–Crippen MR) is 148 cm³/mol. The summed E-state index contributed by atoms with van der Waals surface area (Å²) in [6.45, 7) is 6.35. The maximum atomic E-state index is 13.9. The molecule has 40 heavy (non-hydrogen) atoms. The maximum absolute atomic E-state index is 13.9. The largest absolute Gasteiger partial charge is 0.510 e. The van der Waals surface area contributed by atoms with Crippen LogP contribution in [0.25, 0.3) is 11.1 Å². The Balaban J connectivity index is 1.68. The number of phenols is 1. The number of carbonyl (C=O) groups excluding carboxylic acids is 3. The van der Waals surface area contributed by atoms with Crippen LogP contribution in [-0.4, -0.2) is 68.5 Å². The standard InChI is InChI=1S/C31H34N2O7/c1-30(2,3)16-8-6-14(7-9-16)17-10-11-20(34)22-18(17)12-15-13-19-24(33(4)5)26(36)23(29(32)39)28(38)31(19,40)27(37)21(15)25(22)35/h6-11,15,19,24,34,36-37,40H,12-13H2,1-5H3,(H2,32,39)/t15-,19+,24?,31-/m1/s1.